The van der Waals surface area contributed by atoms with Crippen LogP contribution in [0.2, 0.25) is 0 Å². The van der Waals surface area contributed by atoms with Gasteiger partial charge in [-0.05, 0) is 43.9 Å². The number of hydrogen-bond donors (Lipinski definition) is 3. The van der Waals surface area contributed by atoms with Crippen LogP contribution in [0.4, 0.5) is 11.4 Å². The van der Waals surface area contributed by atoms with Crippen molar-refractivity contribution in [3.63, 3.8) is 0 Å². The van der Waals surface area contributed by atoms with Crippen molar-refractivity contribution in [3.05, 3.63) is 47.8 Å². The van der Waals surface area contributed by atoms with E-state index >= 15 is 0 Å². The number of ether oxygens (including phenoxy) is 1. The van der Waals surface area contributed by atoms with E-state index in [9.17, 15) is 4.79 Å². The minimum absolute atomic E-state index is 0.0819. The molecule has 0 saturated carbocycles. The number of fused-ring (bicyclic) bond motifs is 4. The molecular formula is C26H32N6O2. The molecule has 3 N–H and O–H groups in total. The first-order chi connectivity index (χ1) is 16.6. The molecule has 2 unspecified atom stereocenters. The van der Waals surface area contributed by atoms with E-state index in [1.165, 1.54) is 18.5 Å². The Balaban J connectivity index is 1.16. The van der Waals surface area contributed by atoms with Gasteiger partial charge < -0.3 is 30.2 Å². The van der Waals surface area contributed by atoms with Gasteiger partial charge in [0.05, 0.1) is 17.3 Å². The van der Waals surface area contributed by atoms with Gasteiger partial charge in [-0.1, -0.05) is 6.07 Å². The molecule has 2 fully saturated rings. The summed E-state index contributed by atoms with van der Waals surface area (Å²) >= 11 is 0. The summed E-state index contributed by atoms with van der Waals surface area (Å²) in [6, 6.07) is 9.67. The number of carbonyl (C=O) groups is 1. The van der Waals surface area contributed by atoms with E-state index in [1.807, 2.05) is 19.3 Å². The summed E-state index contributed by atoms with van der Waals surface area (Å²) in [5.74, 6) is 0.807. The SMILES string of the molecule is CCn1ccc2c(NC)c(C(=O)N[C@H]3COc4cc(N5CC6CCC(C5)N6)ccc4C3)cnc21. The van der Waals surface area contributed by atoms with Crippen LogP contribution in [0.1, 0.15) is 35.7 Å². The van der Waals surface area contributed by atoms with Crippen molar-refractivity contribution in [2.75, 3.05) is 37.0 Å². The van der Waals surface area contributed by atoms with Crippen molar-refractivity contribution in [1.29, 1.82) is 0 Å². The molecular weight excluding hydrogens is 428 g/mol. The molecule has 5 heterocycles. The quantitative estimate of drug-likeness (QED) is 0.543. The highest BCUT2D eigenvalue weighted by atomic mass is 16.5. The van der Waals surface area contributed by atoms with Crippen LogP contribution in [0.5, 0.6) is 5.75 Å². The van der Waals surface area contributed by atoms with Crippen LogP contribution in [0.3, 0.4) is 0 Å². The summed E-state index contributed by atoms with van der Waals surface area (Å²) in [6.07, 6.45) is 6.97. The van der Waals surface area contributed by atoms with Gasteiger partial charge in [-0.25, -0.2) is 4.98 Å². The van der Waals surface area contributed by atoms with E-state index in [4.69, 9.17) is 4.74 Å². The molecule has 3 atom stereocenters. The van der Waals surface area contributed by atoms with Crippen molar-refractivity contribution in [1.82, 2.24) is 20.2 Å². The van der Waals surface area contributed by atoms with E-state index in [2.05, 4.69) is 55.5 Å². The van der Waals surface area contributed by atoms with E-state index in [-0.39, 0.29) is 11.9 Å². The maximum atomic E-state index is 13.2. The van der Waals surface area contributed by atoms with E-state index in [0.29, 0.717) is 24.3 Å². The Morgan fingerprint density at radius 2 is 2.06 bits per heavy atom. The number of nitrogens with zero attached hydrogens (tertiary/aromatic N) is 3. The smallest absolute Gasteiger partial charge is 0.255 e. The van der Waals surface area contributed by atoms with Crippen molar-refractivity contribution >= 4 is 28.3 Å². The second-order valence-corrected chi connectivity index (χ2v) is 9.66. The zero-order chi connectivity index (χ0) is 23.2. The van der Waals surface area contributed by atoms with E-state index in [1.54, 1.807) is 6.20 Å². The van der Waals surface area contributed by atoms with Gasteiger partial charge >= 0.3 is 0 Å². The zero-order valence-electron chi connectivity index (χ0n) is 19.8. The van der Waals surface area contributed by atoms with Crippen molar-refractivity contribution in [3.8, 4) is 5.75 Å². The molecule has 1 amide bonds. The Kier molecular flexibility index (Phi) is 5.32. The molecule has 0 radical (unpaired) electrons. The minimum Gasteiger partial charge on any atom is -0.491 e. The van der Waals surface area contributed by atoms with Crippen LogP contribution in [0.15, 0.2) is 36.7 Å². The Hall–Kier alpha value is -3.26. The van der Waals surface area contributed by atoms with Crippen LogP contribution in [0, 0.1) is 0 Å². The van der Waals surface area contributed by atoms with Gasteiger partial charge in [0.2, 0.25) is 0 Å². The first-order valence-corrected chi connectivity index (χ1v) is 12.4. The average molecular weight is 461 g/mol. The predicted octanol–water partition coefficient (Wildman–Crippen LogP) is 2.77. The Bertz CT molecular complexity index is 1230. The van der Waals surface area contributed by atoms with Gasteiger partial charge in [0.25, 0.3) is 5.91 Å². The summed E-state index contributed by atoms with van der Waals surface area (Å²) in [4.78, 5) is 20.2. The maximum absolute atomic E-state index is 13.2. The van der Waals surface area contributed by atoms with Gasteiger partial charge in [0, 0.05) is 68.3 Å². The molecule has 0 aliphatic carbocycles. The topological polar surface area (TPSA) is 83.5 Å². The van der Waals surface area contributed by atoms with Crippen LogP contribution in [0.25, 0.3) is 11.0 Å². The number of hydrogen-bond acceptors (Lipinski definition) is 6. The summed E-state index contributed by atoms with van der Waals surface area (Å²) < 4.78 is 8.20. The van der Waals surface area contributed by atoms with Crippen molar-refractivity contribution in [2.45, 2.75) is 50.9 Å². The highest BCUT2D eigenvalue weighted by Gasteiger charge is 2.33. The minimum atomic E-state index is -0.132. The highest BCUT2D eigenvalue weighted by molar-refractivity contribution is 6.06. The first-order valence-electron chi connectivity index (χ1n) is 12.4. The van der Waals surface area contributed by atoms with Gasteiger partial charge in [-0.2, -0.15) is 0 Å². The zero-order valence-corrected chi connectivity index (χ0v) is 19.8. The Labute approximate surface area is 199 Å². The third kappa shape index (κ3) is 3.66. The van der Waals surface area contributed by atoms with Crippen LogP contribution < -0.4 is 25.6 Å². The maximum Gasteiger partial charge on any atom is 0.255 e. The molecule has 2 bridgehead atoms. The second kappa shape index (κ2) is 8.51. The van der Waals surface area contributed by atoms with Gasteiger partial charge in [-0.3, -0.25) is 4.79 Å². The monoisotopic (exact) mass is 460 g/mol. The Morgan fingerprint density at radius 3 is 2.82 bits per heavy atom. The number of anilines is 2. The number of pyridine rings is 1. The molecule has 8 nitrogen and oxygen atoms in total. The lowest BCUT2D eigenvalue weighted by atomic mass is 10.0. The van der Waals surface area contributed by atoms with Gasteiger partial charge in [0.15, 0.2) is 0 Å². The summed E-state index contributed by atoms with van der Waals surface area (Å²) in [6.45, 7) is 5.50. The molecule has 0 spiro atoms. The number of benzene rings is 1. The van der Waals surface area contributed by atoms with E-state index in [0.717, 1.165) is 54.1 Å². The predicted molar refractivity (Wildman–Crippen MR) is 134 cm³/mol. The third-order valence-electron chi connectivity index (χ3n) is 7.50. The molecule has 6 rings (SSSR count). The largest absolute Gasteiger partial charge is 0.491 e. The lowest BCUT2D eigenvalue weighted by Gasteiger charge is -2.35. The standard InChI is InChI=1S/C26H32N6O2/c1-3-31-9-8-21-24(27-2)22(12-28-25(21)31)26(33)30-19-10-16-4-7-20(11-23(16)34-15-19)32-13-17-5-6-18(14-32)29-17/h4,7-9,11-12,17-19,29H,3,5-6,10,13-15H2,1-2H3,(H,27,28)(H,30,33)/t17?,18?,19-/m1/s1. The lowest BCUT2D eigenvalue weighted by molar-refractivity contribution is 0.0916. The van der Waals surface area contributed by atoms with Crippen LogP contribution >= 0.6 is 0 Å². The average Bonchev–Trinajstić information content (AvgIpc) is 3.44. The molecule has 3 aromatic rings. The number of piperazine rings is 1. The molecule has 8 heteroatoms. The number of aryl methyl sites for hydroxylation is 1. The van der Waals surface area contributed by atoms with Crippen molar-refractivity contribution < 1.29 is 9.53 Å². The molecule has 178 valence electrons. The molecule has 3 aliphatic heterocycles. The number of amides is 1. The van der Waals surface area contributed by atoms with Crippen LogP contribution in [-0.4, -0.2) is 60.3 Å². The summed E-state index contributed by atoms with van der Waals surface area (Å²) in [5.41, 5.74) is 4.61. The third-order valence-corrected chi connectivity index (χ3v) is 7.50. The molecule has 2 saturated heterocycles. The number of nitrogens with one attached hydrogen (secondary N) is 3. The summed E-state index contributed by atoms with van der Waals surface area (Å²) in [7, 11) is 1.84. The Morgan fingerprint density at radius 1 is 1.24 bits per heavy atom. The second-order valence-electron chi connectivity index (χ2n) is 9.66. The van der Waals surface area contributed by atoms with Gasteiger partial charge in [-0.15, -0.1) is 0 Å². The molecule has 2 aromatic heterocycles. The molecule has 34 heavy (non-hydrogen) atoms. The van der Waals surface area contributed by atoms with Crippen LogP contribution in [-0.2, 0) is 13.0 Å². The number of rotatable bonds is 5. The fourth-order valence-electron chi connectivity index (χ4n) is 5.76. The number of carbonyl (C=O) groups excluding carboxylic acids is 1. The van der Waals surface area contributed by atoms with E-state index < -0.39 is 0 Å². The normalized spacial score (nSPS) is 23.5. The van der Waals surface area contributed by atoms with Gasteiger partial charge in [0.1, 0.15) is 18.0 Å². The molecule has 3 aliphatic rings. The fourth-order valence-corrected chi connectivity index (χ4v) is 5.76. The number of aromatic nitrogens is 2. The summed E-state index contributed by atoms with van der Waals surface area (Å²) in [5, 5.41) is 11.0. The fraction of sp³-hybridized carbons (Fsp3) is 0.462. The highest BCUT2D eigenvalue weighted by Crippen LogP contribution is 2.33. The first kappa shape index (κ1) is 21.3. The molecule has 1 aromatic carbocycles. The lowest BCUT2D eigenvalue weighted by Crippen LogP contribution is -2.51. The van der Waals surface area contributed by atoms with Crippen molar-refractivity contribution in [2.24, 2.45) is 0 Å².